The number of hydrogen-bond acceptors (Lipinski definition) is 4. The minimum absolute atomic E-state index is 0. The van der Waals surface area contributed by atoms with Crippen molar-refractivity contribution in [3.8, 4) is 101 Å². The van der Waals surface area contributed by atoms with Crippen LogP contribution in [0.15, 0.2) is 249 Å². The van der Waals surface area contributed by atoms with Crippen LogP contribution in [0, 0.1) is 85.6 Å². The molecule has 0 spiro atoms. The molecule has 13 aromatic rings. The first kappa shape index (κ1) is 79.2. The maximum atomic E-state index is 4.62. The van der Waals surface area contributed by atoms with Gasteiger partial charge in [-0.15, -0.1) is 141 Å². The maximum Gasteiger partial charge on any atom is 0.0163 e. The zero-order chi connectivity index (χ0) is 66.1. The molecule has 0 aliphatic rings. The summed E-state index contributed by atoms with van der Waals surface area (Å²) in [5.41, 5.74) is 34.5. The van der Waals surface area contributed by atoms with Crippen molar-refractivity contribution in [1.82, 2.24) is 19.9 Å². The number of nitrogens with zero attached hydrogens (tertiary/aromatic N) is 4. The van der Waals surface area contributed by atoms with Crippen molar-refractivity contribution >= 4 is 0 Å². The number of aromatic nitrogens is 4. The molecule has 98 heavy (non-hydrogen) atoms. The van der Waals surface area contributed by atoms with E-state index in [-0.39, 0.29) is 80.4 Å². The van der Waals surface area contributed by atoms with Crippen LogP contribution in [0.2, 0.25) is 0 Å². The Hall–Kier alpha value is -7.82. The van der Waals surface area contributed by atoms with E-state index in [0.717, 1.165) is 75.4 Å². The Kier molecular flexibility index (Phi) is 31.1. The summed E-state index contributed by atoms with van der Waals surface area (Å²) in [7, 11) is 0. The number of hydrogen-bond donors (Lipinski definition) is 0. The summed E-state index contributed by atoms with van der Waals surface area (Å²) in [6.45, 7) is 26.0. The second-order valence-corrected chi connectivity index (χ2v) is 24.9. The molecule has 4 aromatic heterocycles. The van der Waals surface area contributed by atoms with E-state index in [1.807, 2.05) is 79.4 Å². The summed E-state index contributed by atoms with van der Waals surface area (Å²) < 4.78 is 0. The van der Waals surface area contributed by atoms with Crippen LogP contribution in [0.3, 0.4) is 0 Å². The average Bonchev–Trinajstić information content (AvgIpc) is 0.779. The van der Waals surface area contributed by atoms with Gasteiger partial charge in [0.05, 0.1) is 0 Å². The third kappa shape index (κ3) is 21.6. The van der Waals surface area contributed by atoms with E-state index in [4.69, 9.17) is 0 Å². The molecular formula is C90H84Ir4N4-4. The fourth-order valence-corrected chi connectivity index (χ4v) is 11.8. The van der Waals surface area contributed by atoms with E-state index in [2.05, 4.69) is 297 Å². The molecule has 0 saturated carbocycles. The molecule has 0 fully saturated rings. The number of aryl methyl sites for hydroxylation is 8. The van der Waals surface area contributed by atoms with Crippen molar-refractivity contribution in [1.29, 1.82) is 0 Å². The van der Waals surface area contributed by atoms with Gasteiger partial charge in [-0.1, -0.05) is 208 Å². The quantitative estimate of drug-likeness (QED) is 0.108. The Morgan fingerprint density at radius 2 is 0.714 bits per heavy atom. The van der Waals surface area contributed by atoms with Crippen molar-refractivity contribution in [2.24, 2.45) is 5.92 Å². The van der Waals surface area contributed by atoms with Gasteiger partial charge in [-0.05, 0) is 170 Å². The van der Waals surface area contributed by atoms with E-state index in [1.165, 1.54) is 106 Å². The van der Waals surface area contributed by atoms with Gasteiger partial charge in [0, 0.05) is 105 Å². The molecule has 0 atom stereocenters. The fourth-order valence-electron chi connectivity index (χ4n) is 11.8. The van der Waals surface area contributed by atoms with Crippen molar-refractivity contribution in [3.63, 3.8) is 0 Å². The van der Waals surface area contributed by atoms with Gasteiger partial charge in [0.2, 0.25) is 0 Å². The number of pyridine rings is 4. The van der Waals surface area contributed by atoms with Crippen molar-refractivity contribution < 1.29 is 80.4 Å². The first-order chi connectivity index (χ1) is 45.6. The molecule has 0 aliphatic carbocycles. The van der Waals surface area contributed by atoms with Gasteiger partial charge in [-0.3, -0.25) is 0 Å². The zero-order valence-corrected chi connectivity index (χ0v) is 67.6. The molecular weight excluding hydrogens is 1910 g/mol. The van der Waals surface area contributed by atoms with E-state index >= 15 is 0 Å². The Bertz CT molecular complexity index is 4560. The van der Waals surface area contributed by atoms with Gasteiger partial charge in [0.1, 0.15) is 0 Å². The van der Waals surface area contributed by atoms with Crippen molar-refractivity contribution in [3.05, 3.63) is 335 Å². The normalized spacial score (nSPS) is 10.3. The molecule has 13 rings (SSSR count). The number of rotatable bonds is 13. The minimum atomic E-state index is 0. The van der Waals surface area contributed by atoms with Gasteiger partial charge in [0.15, 0.2) is 0 Å². The van der Waals surface area contributed by atoms with Crippen LogP contribution in [-0.4, -0.2) is 19.9 Å². The average molecular weight is 1990 g/mol. The van der Waals surface area contributed by atoms with E-state index in [9.17, 15) is 0 Å². The van der Waals surface area contributed by atoms with Crippen molar-refractivity contribution in [2.45, 2.75) is 102 Å². The SMILES string of the molecule is CC(C)Cc1cccc(-c2cc[c-]c(-c3ccccn3)c2)c1.CCc1cc(CC)cc(-c2cc(C)[c-]c(-c3nccc(C)c3C)c2)c1.Cc1[c-]c(-c2nccc(C)c2C)cc(-c2cc(C)cc(C)c2)c1.[Ir].[Ir].[Ir].[Ir].[c-]1ccc(-c2cccc(-c3ccccc3)c2)cc1-c1ccccn1. The summed E-state index contributed by atoms with van der Waals surface area (Å²) in [6, 6.07) is 92.4. The largest absolute Gasteiger partial charge is 0.305 e. The topological polar surface area (TPSA) is 51.6 Å². The minimum Gasteiger partial charge on any atom is -0.305 e. The molecule has 4 heterocycles. The van der Waals surface area contributed by atoms with Crippen LogP contribution < -0.4 is 0 Å². The second kappa shape index (κ2) is 38.5. The molecule has 0 unspecified atom stereocenters. The summed E-state index contributed by atoms with van der Waals surface area (Å²) in [4.78, 5) is 18.0. The summed E-state index contributed by atoms with van der Waals surface area (Å²) in [6.07, 6.45) is 10.6. The summed E-state index contributed by atoms with van der Waals surface area (Å²) >= 11 is 0. The van der Waals surface area contributed by atoms with Crippen LogP contribution >= 0.6 is 0 Å². The Balaban J connectivity index is 0.000000204. The van der Waals surface area contributed by atoms with E-state index < -0.39 is 0 Å². The molecule has 504 valence electrons. The molecule has 0 saturated heterocycles. The predicted molar refractivity (Wildman–Crippen MR) is 396 cm³/mol. The van der Waals surface area contributed by atoms with Crippen LogP contribution in [0.25, 0.3) is 101 Å². The van der Waals surface area contributed by atoms with Crippen LogP contribution in [0.4, 0.5) is 0 Å². The molecule has 0 aliphatic heterocycles. The first-order valence-corrected chi connectivity index (χ1v) is 32.8. The maximum absolute atomic E-state index is 4.62. The second-order valence-electron chi connectivity index (χ2n) is 24.9. The van der Waals surface area contributed by atoms with Gasteiger partial charge >= 0.3 is 0 Å². The molecule has 4 radical (unpaired) electrons. The van der Waals surface area contributed by atoms with Crippen LogP contribution in [0.1, 0.15) is 88.9 Å². The smallest absolute Gasteiger partial charge is 0.0163 e. The molecule has 0 N–H and O–H groups in total. The molecule has 9 aromatic carbocycles. The van der Waals surface area contributed by atoms with Gasteiger partial charge < -0.3 is 19.9 Å². The van der Waals surface area contributed by atoms with E-state index in [1.54, 1.807) is 0 Å². The monoisotopic (exact) mass is 1990 g/mol. The fraction of sp³-hybridized carbons (Fsp3) is 0.178. The van der Waals surface area contributed by atoms with E-state index in [0.29, 0.717) is 5.92 Å². The Morgan fingerprint density at radius 3 is 1.17 bits per heavy atom. The molecule has 4 nitrogen and oxygen atoms in total. The first-order valence-electron chi connectivity index (χ1n) is 32.8. The molecule has 0 amide bonds. The Labute approximate surface area is 638 Å². The van der Waals surface area contributed by atoms with Crippen LogP contribution in [-0.2, 0) is 99.7 Å². The Morgan fingerprint density at radius 1 is 0.316 bits per heavy atom. The van der Waals surface area contributed by atoms with Crippen molar-refractivity contribution in [2.75, 3.05) is 0 Å². The molecule has 8 heteroatoms. The predicted octanol–water partition coefficient (Wildman–Crippen LogP) is 23.3. The number of benzene rings is 9. The van der Waals surface area contributed by atoms with Gasteiger partial charge in [-0.25, -0.2) is 0 Å². The summed E-state index contributed by atoms with van der Waals surface area (Å²) in [5, 5.41) is 0. The van der Waals surface area contributed by atoms with Crippen LogP contribution in [0.5, 0.6) is 0 Å². The third-order valence-electron chi connectivity index (χ3n) is 16.9. The standard InChI is InChI=1S/C24H26N.C23H16N.C22H22N.C21H20N.4Ir/c1-6-19-12-20(7-2)14-22(13-19)21-10-16(3)11-23(15-21)24-18(5)17(4)8-9-25-24;1-2-8-18(9-3-1)19-10-6-11-20(16-19)21-12-7-13-22(17-21)23-14-4-5-15-24-23;1-14-8-15(2)10-19(9-14)20-11-16(3)12-21(13-20)22-18(5)17(4)6-7-23-22;1-16(2)13-17-7-5-8-18(14-17)19-9-6-10-20(15-19)21-11-3-4-12-22-21;;;;/h8-10,12-15H,6-7H2,1-5H3;1-12,14-17H;6-11,13H,1-5H3;3-9,11-12,14-16H,13H2,1-2H3;;;;/q4*-1;;;;. The molecule has 0 bridgehead atoms. The van der Waals surface area contributed by atoms with Gasteiger partial charge in [-0.2, -0.15) is 0 Å². The summed E-state index contributed by atoms with van der Waals surface area (Å²) in [5.74, 6) is 0.670. The zero-order valence-electron chi connectivity index (χ0n) is 58.0. The third-order valence-corrected chi connectivity index (χ3v) is 16.9. The van der Waals surface area contributed by atoms with Gasteiger partial charge in [0.25, 0.3) is 0 Å².